The van der Waals surface area contributed by atoms with E-state index in [4.69, 9.17) is 67.5 Å². The van der Waals surface area contributed by atoms with Gasteiger partial charge < -0.3 is 19.7 Å². The van der Waals surface area contributed by atoms with Gasteiger partial charge >= 0.3 is 0 Å². The van der Waals surface area contributed by atoms with Crippen LogP contribution in [0.15, 0.2) is 0 Å². The van der Waals surface area contributed by atoms with Crippen molar-refractivity contribution in [1.82, 2.24) is 0 Å². The quantitative estimate of drug-likeness (QED) is 0.256. The van der Waals surface area contributed by atoms with Gasteiger partial charge in [-0.15, -0.1) is 0 Å². The van der Waals surface area contributed by atoms with Crippen LogP contribution in [0.25, 0.3) is 0 Å². The maximum atomic E-state index is 10.2. The van der Waals surface area contributed by atoms with E-state index in [1.807, 2.05) is 6.92 Å². The Morgan fingerprint density at radius 2 is 1.12 bits per heavy atom. The summed E-state index contributed by atoms with van der Waals surface area (Å²) in [5.41, 5.74) is 0.332. The Hall–Kier alpha value is -0.910. The summed E-state index contributed by atoms with van der Waals surface area (Å²) in [6, 6.07) is 0. The minimum Gasteiger partial charge on any atom is -0.504 e. The standard InChI is InChI=1S/C15H9Cl5O4/c1-2-3-4-10(21)11(22)9(20)15-12(4)23-13-7(18)5(16)6(17)8(19)14(13)24-15/h21-22H,2-3H2,1H3. The highest BCUT2D eigenvalue weighted by molar-refractivity contribution is 6.53. The van der Waals surface area contributed by atoms with E-state index in [2.05, 4.69) is 0 Å². The van der Waals surface area contributed by atoms with Gasteiger partial charge in [0.2, 0.25) is 0 Å². The Morgan fingerprint density at radius 3 is 1.62 bits per heavy atom. The molecule has 2 N–H and O–H groups in total. The van der Waals surface area contributed by atoms with Crippen LogP contribution in [-0.2, 0) is 6.42 Å². The molecule has 0 radical (unpaired) electrons. The Balaban J connectivity index is 2.30. The predicted octanol–water partition coefficient (Wildman–Crippen LogP) is 7.22. The highest BCUT2D eigenvalue weighted by Gasteiger charge is 2.34. The number of benzene rings is 2. The molecule has 24 heavy (non-hydrogen) atoms. The molecule has 9 heteroatoms. The zero-order valence-electron chi connectivity index (χ0n) is 12.0. The lowest BCUT2D eigenvalue weighted by molar-refractivity contribution is 0.341. The highest BCUT2D eigenvalue weighted by atomic mass is 35.5. The minimum atomic E-state index is -0.506. The molecule has 0 bridgehead atoms. The molecule has 0 saturated heterocycles. The smallest absolute Gasteiger partial charge is 0.193 e. The number of hydrogen-bond acceptors (Lipinski definition) is 4. The Bertz CT molecular complexity index is 866. The van der Waals surface area contributed by atoms with E-state index in [-0.39, 0.29) is 53.9 Å². The first-order valence-electron chi connectivity index (χ1n) is 6.77. The van der Waals surface area contributed by atoms with Gasteiger partial charge in [0.15, 0.2) is 34.5 Å². The van der Waals surface area contributed by atoms with Crippen molar-refractivity contribution in [3.8, 4) is 34.5 Å². The van der Waals surface area contributed by atoms with Crippen molar-refractivity contribution in [1.29, 1.82) is 0 Å². The molecule has 0 aliphatic carbocycles. The van der Waals surface area contributed by atoms with Gasteiger partial charge in [0.1, 0.15) is 15.1 Å². The second-order valence-electron chi connectivity index (χ2n) is 5.02. The molecule has 0 saturated carbocycles. The van der Waals surface area contributed by atoms with Gasteiger partial charge in [0.05, 0.1) is 10.0 Å². The van der Waals surface area contributed by atoms with E-state index in [0.29, 0.717) is 18.4 Å². The fourth-order valence-electron chi connectivity index (χ4n) is 2.36. The fourth-order valence-corrected chi connectivity index (χ4v) is 3.47. The van der Waals surface area contributed by atoms with Gasteiger partial charge in [-0.2, -0.15) is 0 Å². The highest BCUT2D eigenvalue weighted by Crippen LogP contribution is 2.61. The third-order valence-electron chi connectivity index (χ3n) is 3.49. The molecule has 4 nitrogen and oxygen atoms in total. The van der Waals surface area contributed by atoms with Crippen molar-refractivity contribution < 1.29 is 19.7 Å². The van der Waals surface area contributed by atoms with Crippen LogP contribution in [0.5, 0.6) is 34.5 Å². The van der Waals surface area contributed by atoms with Crippen molar-refractivity contribution in [2.75, 3.05) is 0 Å². The topological polar surface area (TPSA) is 58.9 Å². The number of fused-ring (bicyclic) bond motifs is 2. The summed E-state index contributed by atoms with van der Waals surface area (Å²) in [4.78, 5) is 0. The van der Waals surface area contributed by atoms with Crippen molar-refractivity contribution in [2.24, 2.45) is 0 Å². The van der Waals surface area contributed by atoms with Crippen molar-refractivity contribution >= 4 is 58.0 Å². The summed E-state index contributed by atoms with van der Waals surface area (Å²) < 4.78 is 11.5. The van der Waals surface area contributed by atoms with Gasteiger partial charge in [-0.05, 0) is 6.42 Å². The first-order valence-corrected chi connectivity index (χ1v) is 8.66. The van der Waals surface area contributed by atoms with E-state index in [9.17, 15) is 10.2 Å². The molecular formula is C15H9Cl5O4. The van der Waals surface area contributed by atoms with Crippen LogP contribution in [0.2, 0.25) is 25.1 Å². The lowest BCUT2D eigenvalue weighted by Crippen LogP contribution is -2.05. The van der Waals surface area contributed by atoms with Gasteiger partial charge in [0.25, 0.3) is 0 Å². The van der Waals surface area contributed by atoms with Crippen molar-refractivity contribution in [2.45, 2.75) is 19.8 Å². The molecule has 0 fully saturated rings. The largest absolute Gasteiger partial charge is 0.504 e. The maximum Gasteiger partial charge on any atom is 0.193 e. The van der Waals surface area contributed by atoms with Crippen LogP contribution < -0.4 is 9.47 Å². The predicted molar refractivity (Wildman–Crippen MR) is 95.4 cm³/mol. The van der Waals surface area contributed by atoms with E-state index in [1.165, 1.54) is 0 Å². The SMILES string of the molecule is CCCc1c(O)c(O)c(Cl)c2c1Oc1c(Cl)c(Cl)c(Cl)c(Cl)c1O2. The van der Waals surface area contributed by atoms with E-state index < -0.39 is 5.75 Å². The summed E-state index contributed by atoms with van der Waals surface area (Å²) in [5, 5.41) is 20.0. The number of phenols is 2. The molecule has 0 atom stereocenters. The second kappa shape index (κ2) is 6.43. The van der Waals surface area contributed by atoms with Crippen LogP contribution in [0.3, 0.4) is 0 Å². The normalized spacial score (nSPS) is 12.2. The monoisotopic (exact) mass is 428 g/mol. The van der Waals surface area contributed by atoms with Crippen LogP contribution in [-0.4, -0.2) is 10.2 Å². The molecule has 0 amide bonds. The third kappa shape index (κ3) is 2.52. The lowest BCUT2D eigenvalue weighted by Gasteiger charge is -2.26. The molecule has 0 aromatic heterocycles. The number of halogens is 5. The van der Waals surface area contributed by atoms with Gasteiger partial charge in [-0.25, -0.2) is 0 Å². The number of phenolic OH excluding ortho intramolecular Hbond substituents is 2. The molecule has 0 unspecified atom stereocenters. The van der Waals surface area contributed by atoms with E-state index >= 15 is 0 Å². The molecule has 3 rings (SSSR count). The molecular weight excluding hydrogens is 421 g/mol. The number of ether oxygens (including phenoxy) is 2. The molecule has 0 spiro atoms. The zero-order chi connectivity index (χ0) is 17.8. The van der Waals surface area contributed by atoms with E-state index in [1.54, 1.807) is 0 Å². The molecule has 1 heterocycles. The summed E-state index contributed by atoms with van der Waals surface area (Å²) >= 11 is 30.4. The fraction of sp³-hybridized carbons (Fsp3) is 0.200. The lowest BCUT2D eigenvalue weighted by atomic mass is 10.1. The Morgan fingerprint density at radius 1 is 0.667 bits per heavy atom. The molecule has 1 aliphatic heterocycles. The summed E-state index contributed by atoms with van der Waals surface area (Å²) in [7, 11) is 0. The second-order valence-corrected chi connectivity index (χ2v) is 6.91. The molecule has 1 aliphatic rings. The Kier molecular flexibility index (Phi) is 4.80. The van der Waals surface area contributed by atoms with Gasteiger partial charge in [0, 0.05) is 5.56 Å². The summed E-state index contributed by atoms with van der Waals surface area (Å²) in [6.07, 6.45) is 1.08. The summed E-state index contributed by atoms with van der Waals surface area (Å²) in [6.45, 7) is 1.90. The number of hydrogen-bond donors (Lipinski definition) is 2. The number of aromatic hydroxyl groups is 2. The average Bonchev–Trinajstić information content (AvgIpc) is 2.58. The van der Waals surface area contributed by atoms with Crippen LogP contribution >= 0.6 is 58.0 Å². The average molecular weight is 430 g/mol. The van der Waals surface area contributed by atoms with Crippen molar-refractivity contribution in [3.63, 3.8) is 0 Å². The third-order valence-corrected chi connectivity index (χ3v) is 5.61. The zero-order valence-corrected chi connectivity index (χ0v) is 15.8. The molecule has 2 aromatic rings. The molecule has 128 valence electrons. The maximum absolute atomic E-state index is 10.2. The van der Waals surface area contributed by atoms with Crippen molar-refractivity contribution in [3.05, 3.63) is 30.7 Å². The summed E-state index contributed by atoms with van der Waals surface area (Å²) in [5.74, 6) is -0.650. The van der Waals surface area contributed by atoms with E-state index in [0.717, 1.165) is 0 Å². The van der Waals surface area contributed by atoms with Crippen LogP contribution in [0, 0.1) is 0 Å². The first kappa shape index (κ1) is 17.9. The minimum absolute atomic E-state index is 0.00189. The molecule has 2 aromatic carbocycles. The Labute approximate surface area is 162 Å². The van der Waals surface area contributed by atoms with Crippen LogP contribution in [0.1, 0.15) is 18.9 Å². The van der Waals surface area contributed by atoms with Gasteiger partial charge in [-0.1, -0.05) is 71.3 Å². The van der Waals surface area contributed by atoms with Crippen LogP contribution in [0.4, 0.5) is 0 Å². The van der Waals surface area contributed by atoms with Gasteiger partial charge in [-0.3, -0.25) is 0 Å². The first-order chi connectivity index (χ1) is 11.3. The number of rotatable bonds is 2.